The maximum atomic E-state index is 12.4. The van der Waals surface area contributed by atoms with Crippen molar-refractivity contribution in [2.45, 2.75) is 31.4 Å². The molecule has 1 aliphatic heterocycles. The van der Waals surface area contributed by atoms with Crippen LogP contribution >= 0.6 is 0 Å². The summed E-state index contributed by atoms with van der Waals surface area (Å²) >= 11 is 0. The van der Waals surface area contributed by atoms with Gasteiger partial charge in [0.25, 0.3) is 0 Å². The van der Waals surface area contributed by atoms with E-state index in [1.807, 2.05) is 24.3 Å². The van der Waals surface area contributed by atoms with Crippen LogP contribution < -0.4 is 4.74 Å². The maximum absolute atomic E-state index is 12.4. The summed E-state index contributed by atoms with van der Waals surface area (Å²) in [5, 5.41) is 8.42. The van der Waals surface area contributed by atoms with Crippen molar-refractivity contribution in [2.75, 3.05) is 12.4 Å². The fourth-order valence-electron chi connectivity index (χ4n) is 2.59. The van der Waals surface area contributed by atoms with Crippen molar-refractivity contribution in [2.24, 2.45) is 5.92 Å². The minimum atomic E-state index is -1.38. The zero-order valence-corrected chi connectivity index (χ0v) is 12.6. The van der Waals surface area contributed by atoms with Crippen molar-refractivity contribution in [1.82, 2.24) is 0 Å². The second kappa shape index (κ2) is 6.39. The highest BCUT2D eigenvalue weighted by Crippen LogP contribution is 2.34. The Morgan fingerprint density at radius 3 is 2.80 bits per heavy atom. The summed E-state index contributed by atoms with van der Waals surface area (Å²) in [6, 6.07) is 7.72. The van der Waals surface area contributed by atoms with Crippen LogP contribution in [0.3, 0.4) is 0 Å². The predicted molar refractivity (Wildman–Crippen MR) is 78.6 cm³/mol. The third-order valence-electron chi connectivity index (χ3n) is 3.58. The van der Waals surface area contributed by atoms with E-state index in [1.54, 1.807) is 13.8 Å². The molecule has 3 atom stereocenters. The summed E-state index contributed by atoms with van der Waals surface area (Å²) in [5.74, 6) is 0.218. The van der Waals surface area contributed by atoms with Crippen LogP contribution in [0.5, 0.6) is 5.75 Å². The average Bonchev–Trinajstić information content (AvgIpc) is 2.38. The molecular weight excluding hydrogens is 276 g/mol. The SMILES string of the molecule is CC(C)C(C(=O)O)S(=O)CC1CCOc2ccccc21. The van der Waals surface area contributed by atoms with E-state index < -0.39 is 22.0 Å². The number of carboxylic acids is 1. The standard InChI is InChI=1S/C15H20O4S/c1-10(2)14(15(16)17)20(18)9-11-7-8-19-13-6-4-3-5-12(11)13/h3-6,10-11,14H,7-9H2,1-2H3,(H,16,17). The molecule has 0 saturated carbocycles. The Balaban J connectivity index is 2.15. The van der Waals surface area contributed by atoms with E-state index in [-0.39, 0.29) is 11.8 Å². The molecule has 20 heavy (non-hydrogen) atoms. The fourth-order valence-corrected chi connectivity index (χ4v) is 4.37. The van der Waals surface area contributed by atoms with Crippen LogP contribution in [0.1, 0.15) is 31.7 Å². The number of hydrogen-bond donors (Lipinski definition) is 1. The smallest absolute Gasteiger partial charge is 0.319 e. The molecule has 0 amide bonds. The quantitative estimate of drug-likeness (QED) is 0.906. The van der Waals surface area contributed by atoms with E-state index >= 15 is 0 Å². The molecule has 0 fully saturated rings. The van der Waals surface area contributed by atoms with Gasteiger partial charge in [0, 0.05) is 22.5 Å². The van der Waals surface area contributed by atoms with Crippen molar-refractivity contribution < 1.29 is 18.8 Å². The summed E-state index contributed by atoms with van der Waals surface area (Å²) < 4.78 is 18.0. The van der Waals surface area contributed by atoms with Gasteiger partial charge in [0.2, 0.25) is 0 Å². The van der Waals surface area contributed by atoms with Gasteiger partial charge < -0.3 is 9.84 Å². The highest BCUT2D eigenvalue weighted by Gasteiger charge is 2.31. The molecule has 1 aromatic carbocycles. The zero-order chi connectivity index (χ0) is 14.7. The molecular formula is C15H20O4S. The molecule has 1 N–H and O–H groups in total. The van der Waals surface area contributed by atoms with Gasteiger partial charge in [-0.2, -0.15) is 0 Å². The largest absolute Gasteiger partial charge is 0.493 e. The van der Waals surface area contributed by atoms with Crippen LogP contribution in [-0.4, -0.2) is 32.9 Å². The third kappa shape index (κ3) is 3.20. The Morgan fingerprint density at radius 2 is 2.15 bits per heavy atom. The summed E-state index contributed by atoms with van der Waals surface area (Å²) in [6.07, 6.45) is 0.785. The van der Waals surface area contributed by atoms with Crippen molar-refractivity contribution >= 4 is 16.8 Å². The number of rotatable bonds is 5. The van der Waals surface area contributed by atoms with E-state index in [1.165, 1.54) is 0 Å². The minimum Gasteiger partial charge on any atom is -0.493 e. The van der Waals surface area contributed by atoms with Gasteiger partial charge in [0.05, 0.1) is 6.61 Å². The Morgan fingerprint density at radius 1 is 1.45 bits per heavy atom. The first-order valence-corrected chi connectivity index (χ1v) is 8.20. The summed E-state index contributed by atoms with van der Waals surface area (Å²) in [5.41, 5.74) is 1.04. The molecule has 1 aromatic rings. The van der Waals surface area contributed by atoms with Crippen LogP contribution in [0.15, 0.2) is 24.3 Å². The highest BCUT2D eigenvalue weighted by atomic mass is 32.2. The molecule has 0 aromatic heterocycles. The van der Waals surface area contributed by atoms with E-state index in [2.05, 4.69) is 0 Å². The van der Waals surface area contributed by atoms with Crippen molar-refractivity contribution in [3.05, 3.63) is 29.8 Å². The molecule has 0 aliphatic carbocycles. The molecule has 1 aliphatic rings. The normalized spacial score (nSPS) is 20.9. The van der Waals surface area contributed by atoms with Crippen LogP contribution in [0.25, 0.3) is 0 Å². The lowest BCUT2D eigenvalue weighted by molar-refractivity contribution is -0.137. The molecule has 2 rings (SSSR count). The van der Waals surface area contributed by atoms with Gasteiger partial charge in [-0.15, -0.1) is 0 Å². The van der Waals surface area contributed by atoms with Crippen LogP contribution in [0, 0.1) is 5.92 Å². The molecule has 1 heterocycles. The topological polar surface area (TPSA) is 63.6 Å². The summed E-state index contributed by atoms with van der Waals surface area (Å²) in [6.45, 7) is 4.20. The van der Waals surface area contributed by atoms with Crippen molar-refractivity contribution in [1.29, 1.82) is 0 Å². The number of carboxylic acid groups (broad SMARTS) is 1. The molecule has 0 bridgehead atoms. The van der Waals surface area contributed by atoms with E-state index in [0.29, 0.717) is 12.4 Å². The molecule has 0 spiro atoms. The predicted octanol–water partition coefficient (Wildman–Crippen LogP) is 2.41. The minimum absolute atomic E-state index is 0.112. The van der Waals surface area contributed by atoms with Gasteiger partial charge in [-0.1, -0.05) is 32.0 Å². The molecule has 3 unspecified atom stereocenters. The Kier molecular flexibility index (Phi) is 4.81. The lowest BCUT2D eigenvalue weighted by Crippen LogP contribution is -2.34. The Bertz CT molecular complexity index is 512. The molecule has 0 radical (unpaired) electrons. The van der Waals surface area contributed by atoms with Crippen LogP contribution in [0.4, 0.5) is 0 Å². The Labute approximate surface area is 121 Å². The Hall–Kier alpha value is -1.36. The number of benzene rings is 1. The number of fused-ring (bicyclic) bond motifs is 1. The molecule has 4 nitrogen and oxygen atoms in total. The number of hydrogen-bond acceptors (Lipinski definition) is 3. The summed E-state index contributed by atoms with van der Waals surface area (Å²) in [7, 11) is -1.38. The number of ether oxygens (including phenoxy) is 1. The number of para-hydroxylation sites is 1. The fraction of sp³-hybridized carbons (Fsp3) is 0.533. The van der Waals surface area contributed by atoms with E-state index in [4.69, 9.17) is 4.74 Å². The molecule has 0 saturated heterocycles. The number of aliphatic carboxylic acids is 1. The van der Waals surface area contributed by atoms with Gasteiger partial charge in [0.1, 0.15) is 11.0 Å². The van der Waals surface area contributed by atoms with Crippen molar-refractivity contribution in [3.8, 4) is 5.75 Å². The second-order valence-corrected chi connectivity index (χ2v) is 7.02. The van der Waals surface area contributed by atoms with Gasteiger partial charge >= 0.3 is 5.97 Å². The van der Waals surface area contributed by atoms with Crippen LogP contribution in [0.2, 0.25) is 0 Å². The maximum Gasteiger partial charge on any atom is 0.319 e. The van der Waals surface area contributed by atoms with E-state index in [0.717, 1.165) is 17.7 Å². The van der Waals surface area contributed by atoms with Gasteiger partial charge in [-0.3, -0.25) is 9.00 Å². The van der Waals surface area contributed by atoms with Crippen molar-refractivity contribution in [3.63, 3.8) is 0 Å². The van der Waals surface area contributed by atoms with E-state index in [9.17, 15) is 14.1 Å². The van der Waals surface area contributed by atoms with Gasteiger partial charge in [-0.25, -0.2) is 0 Å². The lowest BCUT2D eigenvalue weighted by Gasteiger charge is -2.27. The molecule has 5 heteroatoms. The molecule has 110 valence electrons. The average molecular weight is 296 g/mol. The van der Waals surface area contributed by atoms with Gasteiger partial charge in [0.15, 0.2) is 0 Å². The van der Waals surface area contributed by atoms with Crippen LogP contribution in [-0.2, 0) is 15.6 Å². The monoisotopic (exact) mass is 296 g/mol. The third-order valence-corrected chi connectivity index (χ3v) is 5.62. The zero-order valence-electron chi connectivity index (χ0n) is 11.7. The first-order chi connectivity index (χ1) is 9.50. The first kappa shape index (κ1) is 15.0. The first-order valence-electron chi connectivity index (χ1n) is 6.82. The lowest BCUT2D eigenvalue weighted by atomic mass is 9.95. The van der Waals surface area contributed by atoms with Gasteiger partial charge in [-0.05, 0) is 24.0 Å². The summed E-state index contributed by atoms with van der Waals surface area (Å²) in [4.78, 5) is 11.3. The number of carbonyl (C=O) groups is 1. The highest BCUT2D eigenvalue weighted by molar-refractivity contribution is 7.86. The second-order valence-electron chi connectivity index (χ2n) is 5.42.